The van der Waals surface area contributed by atoms with Crippen LogP contribution in [0.15, 0.2) is 66.4 Å². The van der Waals surface area contributed by atoms with E-state index >= 15 is 0 Å². The number of amides is 1. The minimum atomic E-state index is -0.161. The average molecular weight is 347 g/mol. The van der Waals surface area contributed by atoms with Crippen LogP contribution in [0.2, 0.25) is 0 Å². The van der Waals surface area contributed by atoms with Gasteiger partial charge in [0.05, 0.1) is 5.52 Å². The van der Waals surface area contributed by atoms with Gasteiger partial charge in [-0.2, -0.15) is 0 Å². The number of carbonyl (C=O) groups is 1. The lowest BCUT2D eigenvalue weighted by Gasteiger charge is -2.09. The second kappa shape index (κ2) is 6.66. The quantitative estimate of drug-likeness (QED) is 0.581. The Morgan fingerprint density at radius 3 is 2.68 bits per heavy atom. The van der Waals surface area contributed by atoms with Crippen LogP contribution in [-0.4, -0.2) is 20.9 Å². The fourth-order valence-electron chi connectivity index (χ4n) is 2.41. The largest absolute Gasteiger partial charge is 0.322 e. The molecule has 0 saturated heterocycles. The molecule has 0 unspecified atom stereocenters. The lowest BCUT2D eigenvalue weighted by molar-refractivity contribution is 0.102. The number of nitrogens with zero attached hydrogens (tertiary/aromatic N) is 3. The van der Waals surface area contributed by atoms with E-state index in [2.05, 4.69) is 25.6 Å². The molecule has 0 atom stereocenters. The first-order chi connectivity index (χ1) is 12.3. The molecule has 4 rings (SSSR count). The Morgan fingerprint density at radius 1 is 1.00 bits per heavy atom. The summed E-state index contributed by atoms with van der Waals surface area (Å²) in [6.07, 6.45) is 3.22. The van der Waals surface area contributed by atoms with Crippen LogP contribution in [0.3, 0.4) is 0 Å². The van der Waals surface area contributed by atoms with Crippen LogP contribution in [0, 0.1) is 0 Å². The number of fused-ring (bicyclic) bond motifs is 1. The van der Waals surface area contributed by atoms with E-state index in [1.807, 2.05) is 41.8 Å². The van der Waals surface area contributed by atoms with Gasteiger partial charge in [-0.3, -0.25) is 4.79 Å². The van der Waals surface area contributed by atoms with Crippen molar-refractivity contribution in [3.05, 3.63) is 72.0 Å². The molecule has 2 aromatic carbocycles. The van der Waals surface area contributed by atoms with Crippen molar-refractivity contribution in [3.8, 4) is 0 Å². The van der Waals surface area contributed by atoms with Crippen molar-refractivity contribution in [2.75, 3.05) is 10.6 Å². The van der Waals surface area contributed by atoms with Gasteiger partial charge in [0.25, 0.3) is 5.91 Å². The summed E-state index contributed by atoms with van der Waals surface area (Å²) in [6.45, 7) is 0. The Hall–Kier alpha value is -3.32. The predicted molar refractivity (Wildman–Crippen MR) is 99.3 cm³/mol. The molecule has 4 aromatic rings. The van der Waals surface area contributed by atoms with Crippen molar-refractivity contribution >= 4 is 44.8 Å². The number of thiazole rings is 1. The van der Waals surface area contributed by atoms with Crippen LogP contribution in [0.5, 0.6) is 0 Å². The maximum Gasteiger partial charge on any atom is 0.255 e. The van der Waals surface area contributed by atoms with Crippen molar-refractivity contribution in [2.45, 2.75) is 0 Å². The summed E-state index contributed by atoms with van der Waals surface area (Å²) in [7, 11) is 0. The van der Waals surface area contributed by atoms with E-state index in [1.165, 1.54) is 17.7 Å². The zero-order valence-corrected chi connectivity index (χ0v) is 13.8. The van der Waals surface area contributed by atoms with Crippen LogP contribution in [0.4, 0.5) is 16.6 Å². The highest BCUT2D eigenvalue weighted by Crippen LogP contribution is 2.26. The third-order valence-corrected chi connectivity index (χ3v) is 4.28. The minimum absolute atomic E-state index is 0.161. The lowest BCUT2D eigenvalue weighted by atomic mass is 10.2. The second-order valence-corrected chi connectivity index (χ2v) is 6.13. The molecule has 7 heteroatoms. The van der Waals surface area contributed by atoms with Crippen molar-refractivity contribution in [3.63, 3.8) is 0 Å². The van der Waals surface area contributed by atoms with Gasteiger partial charge in [0.15, 0.2) is 5.13 Å². The fraction of sp³-hybridized carbons (Fsp3) is 0. The Labute approximate surface area is 147 Å². The van der Waals surface area contributed by atoms with E-state index in [-0.39, 0.29) is 5.91 Å². The molecule has 0 aliphatic carbocycles. The zero-order chi connectivity index (χ0) is 17.1. The lowest BCUT2D eigenvalue weighted by Crippen LogP contribution is -2.11. The monoisotopic (exact) mass is 347 g/mol. The first-order valence-electron chi connectivity index (χ1n) is 7.57. The van der Waals surface area contributed by atoms with Gasteiger partial charge in [0, 0.05) is 28.2 Å². The molecule has 0 aliphatic rings. The van der Waals surface area contributed by atoms with E-state index in [1.54, 1.807) is 18.3 Å². The highest BCUT2D eigenvalue weighted by Gasteiger charge is 2.09. The highest BCUT2D eigenvalue weighted by atomic mass is 32.1. The van der Waals surface area contributed by atoms with Gasteiger partial charge < -0.3 is 10.6 Å². The smallest absolute Gasteiger partial charge is 0.255 e. The Morgan fingerprint density at radius 2 is 1.88 bits per heavy atom. The number of carbonyl (C=O) groups excluding carboxylic acids is 1. The number of aromatic nitrogens is 3. The molecule has 0 saturated carbocycles. The molecule has 0 spiro atoms. The van der Waals surface area contributed by atoms with Crippen LogP contribution in [0.25, 0.3) is 10.9 Å². The summed E-state index contributed by atoms with van der Waals surface area (Å²) in [5.41, 5.74) is 2.07. The van der Waals surface area contributed by atoms with E-state index < -0.39 is 0 Å². The van der Waals surface area contributed by atoms with E-state index in [0.717, 1.165) is 16.0 Å². The molecule has 122 valence electrons. The fourth-order valence-corrected chi connectivity index (χ4v) is 2.94. The number of benzene rings is 2. The first-order valence-corrected chi connectivity index (χ1v) is 8.45. The summed E-state index contributed by atoms with van der Waals surface area (Å²) in [5, 5.41) is 9.53. The SMILES string of the molecule is O=C(Nc1ccc2ncnc(Nc3nccs3)c2c1)c1ccccc1. The number of nitrogens with one attached hydrogen (secondary N) is 2. The topological polar surface area (TPSA) is 79.8 Å². The van der Waals surface area contributed by atoms with Crippen molar-refractivity contribution in [2.24, 2.45) is 0 Å². The molecule has 0 bridgehead atoms. The van der Waals surface area contributed by atoms with Gasteiger partial charge in [-0.15, -0.1) is 11.3 Å². The maximum atomic E-state index is 12.3. The average Bonchev–Trinajstić information content (AvgIpc) is 3.16. The van der Waals surface area contributed by atoms with Gasteiger partial charge in [0.1, 0.15) is 12.1 Å². The first kappa shape index (κ1) is 15.2. The normalized spacial score (nSPS) is 10.6. The number of hydrogen-bond acceptors (Lipinski definition) is 6. The molecule has 0 radical (unpaired) electrons. The Balaban J connectivity index is 1.66. The van der Waals surface area contributed by atoms with Gasteiger partial charge in [0.2, 0.25) is 0 Å². The molecule has 2 heterocycles. The van der Waals surface area contributed by atoms with Gasteiger partial charge >= 0.3 is 0 Å². The standard InChI is InChI=1S/C18H13N5OS/c24-17(12-4-2-1-3-5-12)22-13-6-7-15-14(10-13)16(21-11-20-15)23-18-19-8-9-25-18/h1-11H,(H,22,24)(H,19,20,21,23). The van der Waals surface area contributed by atoms with Crippen molar-refractivity contribution in [1.82, 2.24) is 15.0 Å². The van der Waals surface area contributed by atoms with Crippen LogP contribution < -0.4 is 10.6 Å². The maximum absolute atomic E-state index is 12.3. The molecule has 6 nitrogen and oxygen atoms in total. The third kappa shape index (κ3) is 3.31. The molecule has 2 N–H and O–H groups in total. The summed E-state index contributed by atoms with van der Waals surface area (Å²) >= 11 is 1.49. The summed E-state index contributed by atoms with van der Waals surface area (Å²) in [5.74, 6) is 0.488. The molecular weight excluding hydrogens is 334 g/mol. The molecular formula is C18H13N5OS. The summed E-state index contributed by atoms with van der Waals surface area (Å²) in [6, 6.07) is 14.6. The van der Waals surface area contributed by atoms with Gasteiger partial charge in [-0.05, 0) is 30.3 Å². The van der Waals surface area contributed by atoms with Crippen molar-refractivity contribution < 1.29 is 4.79 Å². The predicted octanol–water partition coefficient (Wildman–Crippen LogP) is 4.08. The number of anilines is 3. The van der Waals surface area contributed by atoms with E-state index in [4.69, 9.17) is 0 Å². The Kier molecular flexibility index (Phi) is 4.05. The third-order valence-electron chi connectivity index (χ3n) is 3.59. The number of rotatable bonds is 4. The second-order valence-electron chi connectivity index (χ2n) is 5.24. The van der Waals surface area contributed by atoms with Crippen LogP contribution in [0.1, 0.15) is 10.4 Å². The van der Waals surface area contributed by atoms with Gasteiger partial charge in [-0.1, -0.05) is 18.2 Å². The molecule has 0 fully saturated rings. The summed E-state index contributed by atoms with van der Waals surface area (Å²) < 4.78 is 0. The minimum Gasteiger partial charge on any atom is -0.322 e. The van der Waals surface area contributed by atoms with E-state index in [0.29, 0.717) is 17.1 Å². The van der Waals surface area contributed by atoms with Crippen molar-refractivity contribution in [1.29, 1.82) is 0 Å². The van der Waals surface area contributed by atoms with E-state index in [9.17, 15) is 4.79 Å². The molecule has 0 aliphatic heterocycles. The number of hydrogen-bond donors (Lipinski definition) is 2. The molecule has 2 aromatic heterocycles. The van der Waals surface area contributed by atoms with Gasteiger partial charge in [-0.25, -0.2) is 15.0 Å². The molecule has 1 amide bonds. The highest BCUT2D eigenvalue weighted by molar-refractivity contribution is 7.13. The summed E-state index contributed by atoms with van der Waals surface area (Å²) in [4.78, 5) is 25.1. The molecule has 25 heavy (non-hydrogen) atoms. The Bertz CT molecular complexity index is 1020. The van der Waals surface area contributed by atoms with Crippen LogP contribution >= 0.6 is 11.3 Å². The zero-order valence-electron chi connectivity index (χ0n) is 13.0. The van der Waals surface area contributed by atoms with Crippen LogP contribution in [-0.2, 0) is 0 Å².